The lowest BCUT2D eigenvalue weighted by Gasteiger charge is -2.29. The quantitative estimate of drug-likeness (QED) is 0.364. The average molecular weight is 521 g/mol. The third-order valence-electron chi connectivity index (χ3n) is 6.24. The molecule has 156 valence electrons. The van der Waals surface area contributed by atoms with Gasteiger partial charge in [0.2, 0.25) is 0 Å². The molecule has 2 aliphatic heterocycles. The summed E-state index contributed by atoms with van der Waals surface area (Å²) in [4.78, 5) is 9.49. The molecule has 3 atom stereocenters. The van der Waals surface area contributed by atoms with Crippen LogP contribution in [0, 0.1) is 11.7 Å². The highest BCUT2D eigenvalue weighted by atomic mass is 127. The van der Waals surface area contributed by atoms with Crippen molar-refractivity contribution < 1.29 is 4.39 Å². The Kier molecular flexibility index (Phi) is 7.84. The van der Waals surface area contributed by atoms with Gasteiger partial charge in [0.15, 0.2) is 5.96 Å². The second-order valence-electron chi connectivity index (χ2n) is 8.24. The van der Waals surface area contributed by atoms with Gasteiger partial charge in [0.05, 0.1) is 0 Å². The summed E-state index contributed by atoms with van der Waals surface area (Å²) in [5, 5.41) is 4.08. The second kappa shape index (κ2) is 9.94. The first-order valence-corrected chi connectivity index (χ1v) is 10.7. The summed E-state index contributed by atoms with van der Waals surface area (Å²) < 4.78 is 14.2. The van der Waals surface area contributed by atoms with Crippen LogP contribution in [0.25, 0.3) is 0 Å². The van der Waals surface area contributed by atoms with Crippen LogP contribution in [0.1, 0.15) is 43.6 Å². The minimum absolute atomic E-state index is 0. The zero-order chi connectivity index (χ0) is 18.8. The van der Waals surface area contributed by atoms with Crippen LogP contribution >= 0.6 is 35.6 Å². The Hall–Kier alpha value is -0.600. The molecule has 1 aromatic rings. The Morgan fingerprint density at radius 3 is 2.75 bits per heavy atom. The Bertz CT molecular complexity index is 675. The molecule has 28 heavy (non-hydrogen) atoms. The number of rotatable bonds is 4. The lowest BCUT2D eigenvalue weighted by atomic mass is 10.1. The number of halogens is 3. The van der Waals surface area contributed by atoms with Crippen molar-refractivity contribution in [3.05, 3.63) is 34.6 Å². The molecule has 0 radical (unpaired) electrons. The monoisotopic (exact) mass is 520 g/mol. The van der Waals surface area contributed by atoms with E-state index in [1.807, 2.05) is 7.05 Å². The van der Waals surface area contributed by atoms with Crippen molar-refractivity contribution in [2.45, 2.75) is 44.1 Å². The third-order valence-corrected chi connectivity index (χ3v) is 6.57. The maximum atomic E-state index is 14.2. The average Bonchev–Trinajstić information content (AvgIpc) is 3.26. The zero-order valence-electron chi connectivity index (χ0n) is 16.5. The van der Waals surface area contributed by atoms with Gasteiger partial charge in [-0.1, -0.05) is 24.1 Å². The minimum atomic E-state index is -0.199. The number of nitrogens with one attached hydrogen (secondary N) is 1. The molecule has 7 heteroatoms. The molecule has 3 unspecified atom stereocenters. The summed E-state index contributed by atoms with van der Waals surface area (Å²) in [6, 6.07) is 5.16. The van der Waals surface area contributed by atoms with Crippen LogP contribution in [-0.4, -0.2) is 61.6 Å². The maximum Gasteiger partial charge on any atom is 0.193 e. The highest BCUT2D eigenvalue weighted by molar-refractivity contribution is 14.0. The van der Waals surface area contributed by atoms with Crippen LogP contribution in [0.3, 0.4) is 0 Å². The van der Waals surface area contributed by atoms with Crippen molar-refractivity contribution >= 4 is 41.5 Å². The molecule has 0 bridgehead atoms. The molecule has 3 aliphatic rings. The van der Waals surface area contributed by atoms with Gasteiger partial charge in [-0.05, 0) is 56.8 Å². The van der Waals surface area contributed by atoms with Gasteiger partial charge in [0, 0.05) is 49.2 Å². The van der Waals surface area contributed by atoms with Crippen LogP contribution in [0.4, 0.5) is 4.39 Å². The van der Waals surface area contributed by atoms with Crippen LogP contribution in [0.5, 0.6) is 0 Å². The van der Waals surface area contributed by atoms with Crippen molar-refractivity contribution in [1.82, 2.24) is 15.1 Å². The summed E-state index contributed by atoms with van der Waals surface area (Å²) in [5.41, 5.74) is 0.650. The van der Waals surface area contributed by atoms with Crippen molar-refractivity contribution in [2.24, 2.45) is 10.9 Å². The van der Waals surface area contributed by atoms with Crippen LogP contribution in [0.15, 0.2) is 23.2 Å². The first-order chi connectivity index (χ1) is 13.2. The molecule has 1 aromatic carbocycles. The Morgan fingerprint density at radius 1 is 1.25 bits per heavy atom. The van der Waals surface area contributed by atoms with E-state index in [0.717, 1.165) is 31.4 Å². The molecule has 4 rings (SSSR count). The molecular formula is C21H31ClFIN4. The van der Waals surface area contributed by atoms with Gasteiger partial charge in [0.25, 0.3) is 0 Å². The first kappa shape index (κ1) is 22.1. The summed E-state index contributed by atoms with van der Waals surface area (Å²) in [5.74, 6) is 1.62. The van der Waals surface area contributed by atoms with E-state index in [9.17, 15) is 4.39 Å². The molecular weight excluding hydrogens is 490 g/mol. The lowest BCUT2D eigenvalue weighted by molar-refractivity contribution is 0.198. The van der Waals surface area contributed by atoms with Crippen molar-refractivity contribution in [1.29, 1.82) is 0 Å². The summed E-state index contributed by atoms with van der Waals surface area (Å²) in [6.45, 7) is 5.85. The van der Waals surface area contributed by atoms with Gasteiger partial charge in [-0.15, -0.1) is 24.0 Å². The minimum Gasteiger partial charge on any atom is -0.353 e. The van der Waals surface area contributed by atoms with Gasteiger partial charge in [0.1, 0.15) is 5.82 Å². The standard InChI is InChI=1S/C21H30ClFN4.HI/c1-24-21(25-19-12-16(19)20-17(22)6-5-7-18(20)23)27-11-8-15(14-27)13-26-9-3-2-4-10-26;/h5-7,15-16,19H,2-4,8-14H2,1H3,(H,24,25);1H. The van der Waals surface area contributed by atoms with E-state index in [1.165, 1.54) is 51.4 Å². The molecule has 3 fully saturated rings. The van der Waals surface area contributed by atoms with E-state index >= 15 is 0 Å². The van der Waals surface area contributed by atoms with Crippen LogP contribution in [-0.2, 0) is 0 Å². The van der Waals surface area contributed by atoms with Gasteiger partial charge >= 0.3 is 0 Å². The van der Waals surface area contributed by atoms with Crippen molar-refractivity contribution in [2.75, 3.05) is 39.8 Å². The fourth-order valence-corrected chi connectivity index (χ4v) is 4.99. The van der Waals surface area contributed by atoms with E-state index < -0.39 is 0 Å². The maximum absolute atomic E-state index is 14.2. The number of hydrogen-bond donors (Lipinski definition) is 1. The molecule has 0 spiro atoms. The number of aliphatic imine (C=N–C) groups is 1. The molecule has 1 saturated carbocycles. The fraction of sp³-hybridized carbons (Fsp3) is 0.667. The van der Waals surface area contributed by atoms with E-state index in [2.05, 4.69) is 20.1 Å². The van der Waals surface area contributed by atoms with E-state index in [1.54, 1.807) is 12.1 Å². The predicted molar refractivity (Wildman–Crippen MR) is 124 cm³/mol. The predicted octanol–water partition coefficient (Wildman–Crippen LogP) is 4.34. The number of nitrogens with zero attached hydrogens (tertiary/aromatic N) is 3. The van der Waals surface area contributed by atoms with Crippen LogP contribution in [0.2, 0.25) is 5.02 Å². The van der Waals surface area contributed by atoms with Gasteiger partial charge in [-0.3, -0.25) is 4.99 Å². The number of likely N-dealkylation sites (tertiary alicyclic amines) is 2. The number of hydrogen-bond acceptors (Lipinski definition) is 2. The second-order valence-corrected chi connectivity index (χ2v) is 8.64. The normalized spacial score (nSPS) is 28.2. The van der Waals surface area contributed by atoms with Gasteiger partial charge in [-0.25, -0.2) is 4.39 Å². The first-order valence-electron chi connectivity index (χ1n) is 10.3. The van der Waals surface area contributed by atoms with Crippen molar-refractivity contribution in [3.8, 4) is 0 Å². The lowest BCUT2D eigenvalue weighted by Crippen LogP contribution is -2.42. The largest absolute Gasteiger partial charge is 0.353 e. The van der Waals surface area contributed by atoms with E-state index in [-0.39, 0.29) is 41.8 Å². The molecule has 4 nitrogen and oxygen atoms in total. The van der Waals surface area contributed by atoms with E-state index in [0.29, 0.717) is 10.6 Å². The fourth-order valence-electron chi connectivity index (χ4n) is 4.68. The summed E-state index contributed by atoms with van der Waals surface area (Å²) in [6.07, 6.45) is 6.22. The third kappa shape index (κ3) is 5.11. The van der Waals surface area contributed by atoms with Crippen molar-refractivity contribution in [3.63, 3.8) is 0 Å². The Labute approximate surface area is 189 Å². The summed E-state index contributed by atoms with van der Waals surface area (Å²) in [7, 11) is 1.84. The topological polar surface area (TPSA) is 30.9 Å². The number of piperidine rings is 1. The number of guanidine groups is 1. The van der Waals surface area contributed by atoms with E-state index in [4.69, 9.17) is 11.6 Å². The molecule has 0 aromatic heterocycles. The van der Waals surface area contributed by atoms with Gasteiger partial charge in [-0.2, -0.15) is 0 Å². The summed E-state index contributed by atoms with van der Waals surface area (Å²) >= 11 is 6.23. The molecule has 1 N–H and O–H groups in total. The Morgan fingerprint density at radius 2 is 2.04 bits per heavy atom. The van der Waals surface area contributed by atoms with Gasteiger partial charge < -0.3 is 15.1 Å². The zero-order valence-corrected chi connectivity index (χ0v) is 19.6. The smallest absolute Gasteiger partial charge is 0.193 e. The molecule has 0 amide bonds. The highest BCUT2D eigenvalue weighted by Crippen LogP contribution is 2.45. The molecule has 2 saturated heterocycles. The molecule has 1 aliphatic carbocycles. The van der Waals surface area contributed by atoms with Crippen LogP contribution < -0.4 is 5.32 Å². The highest BCUT2D eigenvalue weighted by Gasteiger charge is 2.42. The Balaban J connectivity index is 0.00000225. The SMILES string of the molecule is CN=C(NC1CC1c1c(F)cccc1Cl)N1CCC(CN2CCCCC2)C1.I. The number of benzene rings is 1. The molecule has 2 heterocycles.